The van der Waals surface area contributed by atoms with Gasteiger partial charge in [-0.05, 0) is 67.1 Å². The largest absolute Gasteiger partial charge is 0.444 e. The van der Waals surface area contributed by atoms with Gasteiger partial charge >= 0.3 is 6.09 Å². The second-order valence-corrected chi connectivity index (χ2v) is 7.53. The molecule has 0 aliphatic carbocycles. The zero-order valence-electron chi connectivity index (χ0n) is 17.5. The van der Waals surface area contributed by atoms with Crippen LogP contribution in [0, 0.1) is 0 Å². The molecule has 1 aliphatic rings. The van der Waals surface area contributed by atoms with Crippen molar-refractivity contribution in [2.24, 2.45) is 0 Å². The van der Waals surface area contributed by atoms with E-state index in [1.54, 1.807) is 65.8 Å². The van der Waals surface area contributed by atoms with Crippen LogP contribution in [0.25, 0.3) is 0 Å². The Balaban J connectivity index is 1.51. The van der Waals surface area contributed by atoms with Crippen molar-refractivity contribution in [3.05, 3.63) is 84.2 Å². The molecule has 8 heteroatoms. The van der Waals surface area contributed by atoms with Crippen LogP contribution >= 0.6 is 0 Å². The summed E-state index contributed by atoms with van der Waals surface area (Å²) in [6, 6.07) is 17.6. The average molecular weight is 431 g/mol. The van der Waals surface area contributed by atoms with Crippen molar-refractivity contribution in [1.82, 2.24) is 10.3 Å². The second kappa shape index (κ2) is 9.93. The Hall–Kier alpha value is -3.91. The molecule has 1 fully saturated rings. The van der Waals surface area contributed by atoms with Gasteiger partial charge in [0, 0.05) is 30.2 Å². The Morgan fingerprint density at radius 1 is 1.09 bits per heavy atom. The van der Waals surface area contributed by atoms with Crippen molar-refractivity contribution in [2.45, 2.75) is 19.1 Å². The first-order valence-corrected chi connectivity index (χ1v) is 10.4. The topological polar surface area (TPSA) is 110 Å². The standard InChI is InChI=1S/C24H25N5O3/c25-21-3-1-2-4-22(21)28-23(30)18-5-7-19(8-6-18)29(16-17-9-12-26-13-10-17)24(31)32-20-11-14-27-15-20/h1-10,12-13,20,27H,11,14-16,25H2,(H,28,30)/t20-/m0/s1. The molecule has 4 N–H and O–H groups in total. The van der Waals surface area contributed by atoms with E-state index in [-0.39, 0.29) is 12.0 Å². The smallest absolute Gasteiger partial charge is 0.414 e. The number of nitrogens with one attached hydrogen (secondary N) is 2. The molecule has 0 bridgehead atoms. The molecule has 0 radical (unpaired) electrons. The number of para-hydroxylation sites is 2. The molecule has 0 spiro atoms. The number of hydrogen-bond donors (Lipinski definition) is 3. The lowest BCUT2D eigenvalue weighted by Gasteiger charge is -2.24. The van der Waals surface area contributed by atoms with Gasteiger partial charge in [0.2, 0.25) is 0 Å². The minimum atomic E-state index is -0.426. The van der Waals surface area contributed by atoms with Crippen molar-refractivity contribution in [2.75, 3.05) is 29.0 Å². The highest BCUT2D eigenvalue weighted by atomic mass is 16.6. The van der Waals surface area contributed by atoms with Gasteiger partial charge in [-0.25, -0.2) is 4.79 Å². The Bertz CT molecular complexity index is 1070. The average Bonchev–Trinajstić information content (AvgIpc) is 3.33. The molecule has 32 heavy (non-hydrogen) atoms. The Labute approximate surface area is 186 Å². The number of carbonyl (C=O) groups is 2. The van der Waals surface area contributed by atoms with Crippen LogP contribution in [0.3, 0.4) is 0 Å². The highest BCUT2D eigenvalue weighted by Gasteiger charge is 2.24. The molecule has 0 saturated carbocycles. The van der Waals surface area contributed by atoms with E-state index in [2.05, 4.69) is 15.6 Å². The van der Waals surface area contributed by atoms with Gasteiger partial charge in [0.1, 0.15) is 6.10 Å². The fourth-order valence-corrected chi connectivity index (χ4v) is 3.47. The van der Waals surface area contributed by atoms with E-state index in [0.29, 0.717) is 35.7 Å². The third-order valence-electron chi connectivity index (χ3n) is 5.24. The van der Waals surface area contributed by atoms with Gasteiger partial charge in [-0.2, -0.15) is 0 Å². The van der Waals surface area contributed by atoms with Crippen LogP contribution in [0.5, 0.6) is 0 Å². The fourth-order valence-electron chi connectivity index (χ4n) is 3.47. The first kappa shape index (κ1) is 21.3. The first-order valence-electron chi connectivity index (χ1n) is 10.4. The van der Waals surface area contributed by atoms with Gasteiger partial charge in [-0.3, -0.25) is 14.7 Å². The van der Waals surface area contributed by atoms with Crippen LogP contribution < -0.4 is 21.3 Å². The molecule has 1 aromatic heterocycles. The number of nitrogen functional groups attached to an aromatic ring is 1. The van der Waals surface area contributed by atoms with Crippen LogP contribution in [0.4, 0.5) is 21.9 Å². The maximum atomic E-state index is 13.0. The Morgan fingerprint density at radius 2 is 1.84 bits per heavy atom. The Morgan fingerprint density at radius 3 is 2.53 bits per heavy atom. The van der Waals surface area contributed by atoms with Crippen molar-refractivity contribution < 1.29 is 14.3 Å². The number of rotatable bonds is 6. The van der Waals surface area contributed by atoms with Gasteiger partial charge < -0.3 is 21.1 Å². The van der Waals surface area contributed by atoms with Crippen LogP contribution in [-0.2, 0) is 11.3 Å². The molecule has 2 aromatic carbocycles. The minimum Gasteiger partial charge on any atom is -0.444 e. The molecule has 8 nitrogen and oxygen atoms in total. The molecular weight excluding hydrogens is 406 g/mol. The number of amides is 2. The van der Waals surface area contributed by atoms with Gasteiger partial charge in [-0.1, -0.05) is 12.1 Å². The van der Waals surface area contributed by atoms with Gasteiger partial charge in [-0.15, -0.1) is 0 Å². The quantitative estimate of drug-likeness (QED) is 0.516. The molecule has 1 atom stereocenters. The summed E-state index contributed by atoms with van der Waals surface area (Å²) in [5.41, 5.74) is 8.95. The maximum Gasteiger partial charge on any atom is 0.414 e. The minimum absolute atomic E-state index is 0.149. The van der Waals surface area contributed by atoms with Gasteiger partial charge in [0.25, 0.3) is 5.91 Å². The second-order valence-electron chi connectivity index (χ2n) is 7.53. The molecule has 4 rings (SSSR count). The maximum absolute atomic E-state index is 13.0. The van der Waals surface area contributed by atoms with Crippen LogP contribution in [0.15, 0.2) is 73.1 Å². The van der Waals surface area contributed by atoms with E-state index in [0.717, 1.165) is 18.5 Å². The zero-order valence-corrected chi connectivity index (χ0v) is 17.5. The fraction of sp³-hybridized carbons (Fsp3) is 0.208. The number of nitrogens with two attached hydrogens (primary N) is 1. The van der Waals surface area contributed by atoms with E-state index in [1.165, 1.54) is 0 Å². The number of aromatic nitrogens is 1. The SMILES string of the molecule is Nc1ccccc1NC(=O)c1ccc(N(Cc2ccncc2)C(=O)O[C@H]2CCNC2)cc1. The summed E-state index contributed by atoms with van der Waals surface area (Å²) in [4.78, 5) is 31.2. The molecule has 1 saturated heterocycles. The van der Waals surface area contributed by atoms with Crippen LogP contribution in [0.2, 0.25) is 0 Å². The summed E-state index contributed by atoms with van der Waals surface area (Å²) in [7, 11) is 0. The number of benzene rings is 2. The number of ether oxygens (including phenoxy) is 1. The lowest BCUT2D eigenvalue weighted by atomic mass is 10.1. The van der Waals surface area contributed by atoms with E-state index in [1.807, 2.05) is 12.1 Å². The molecule has 2 amide bonds. The zero-order chi connectivity index (χ0) is 22.3. The van der Waals surface area contributed by atoms with Crippen molar-refractivity contribution in [3.63, 3.8) is 0 Å². The lowest BCUT2D eigenvalue weighted by Crippen LogP contribution is -2.34. The van der Waals surface area contributed by atoms with E-state index in [9.17, 15) is 9.59 Å². The summed E-state index contributed by atoms with van der Waals surface area (Å²) in [5.74, 6) is -0.283. The summed E-state index contributed by atoms with van der Waals surface area (Å²) in [6.07, 6.45) is 3.58. The van der Waals surface area contributed by atoms with Crippen molar-refractivity contribution >= 4 is 29.1 Å². The monoisotopic (exact) mass is 431 g/mol. The van der Waals surface area contributed by atoms with Gasteiger partial charge in [0.15, 0.2) is 0 Å². The van der Waals surface area contributed by atoms with Crippen LogP contribution in [0.1, 0.15) is 22.3 Å². The molecular formula is C24H25N5O3. The lowest BCUT2D eigenvalue weighted by molar-refractivity contribution is 0.102. The summed E-state index contributed by atoms with van der Waals surface area (Å²) >= 11 is 0. The summed E-state index contributed by atoms with van der Waals surface area (Å²) < 4.78 is 5.69. The summed E-state index contributed by atoms with van der Waals surface area (Å²) in [6.45, 7) is 1.81. The molecule has 3 aromatic rings. The van der Waals surface area contributed by atoms with Gasteiger partial charge in [0.05, 0.1) is 17.9 Å². The number of pyridine rings is 1. The van der Waals surface area contributed by atoms with Crippen LogP contribution in [-0.4, -0.2) is 36.2 Å². The predicted molar refractivity (Wildman–Crippen MR) is 123 cm³/mol. The highest BCUT2D eigenvalue weighted by Crippen LogP contribution is 2.22. The van der Waals surface area contributed by atoms with E-state index >= 15 is 0 Å². The number of carbonyl (C=O) groups excluding carboxylic acids is 2. The number of anilines is 3. The Kier molecular flexibility index (Phi) is 6.62. The number of hydrogen-bond acceptors (Lipinski definition) is 6. The molecule has 164 valence electrons. The third-order valence-corrected chi connectivity index (χ3v) is 5.24. The third kappa shape index (κ3) is 5.22. The molecule has 1 aliphatic heterocycles. The predicted octanol–water partition coefficient (Wildman–Crippen LogP) is 3.42. The number of nitrogens with zero attached hydrogens (tertiary/aromatic N) is 2. The summed E-state index contributed by atoms with van der Waals surface area (Å²) in [5, 5.41) is 6.00. The normalized spacial score (nSPS) is 15.2. The van der Waals surface area contributed by atoms with Crippen molar-refractivity contribution in [3.8, 4) is 0 Å². The molecule has 2 heterocycles. The van der Waals surface area contributed by atoms with E-state index in [4.69, 9.17) is 10.5 Å². The highest BCUT2D eigenvalue weighted by molar-refractivity contribution is 6.06. The van der Waals surface area contributed by atoms with Crippen molar-refractivity contribution in [1.29, 1.82) is 0 Å². The van der Waals surface area contributed by atoms with E-state index < -0.39 is 6.09 Å². The molecule has 0 unspecified atom stereocenters. The first-order chi connectivity index (χ1) is 15.6.